The summed E-state index contributed by atoms with van der Waals surface area (Å²) in [5, 5.41) is 10.3. The van der Waals surface area contributed by atoms with Gasteiger partial charge in [-0.3, -0.25) is 4.90 Å². The molecule has 0 bridgehead atoms. The van der Waals surface area contributed by atoms with Crippen LogP contribution in [0.5, 0.6) is 23.0 Å². The van der Waals surface area contributed by atoms with Gasteiger partial charge in [-0.1, -0.05) is 56.3 Å². The van der Waals surface area contributed by atoms with Crippen molar-refractivity contribution in [2.24, 2.45) is 5.73 Å². The standard InChI is InChI=1S/C37H41N3O5/c1-5-16-43-31-14-12-26(19-33(31)41-3)18-28-23-40(22-25-10-8-7-9-11-25)24-30-35(29(21-38)37(39)45-36(28)30)27-13-15-32(44-17-6-2)34(20-27)42-4/h7-15,18-20,35H,5-6,16-17,22-24,39H2,1-4H3/b28-18+. The number of hydrogen-bond acceptors (Lipinski definition) is 8. The minimum atomic E-state index is -0.422. The van der Waals surface area contributed by atoms with Crippen molar-refractivity contribution in [2.75, 3.05) is 40.5 Å². The van der Waals surface area contributed by atoms with Crippen molar-refractivity contribution in [3.05, 3.63) is 112 Å². The summed E-state index contributed by atoms with van der Waals surface area (Å²) in [5.41, 5.74) is 11.8. The van der Waals surface area contributed by atoms with Gasteiger partial charge in [-0.2, -0.15) is 5.26 Å². The molecule has 1 unspecified atom stereocenters. The monoisotopic (exact) mass is 607 g/mol. The quantitative estimate of drug-likeness (QED) is 0.236. The van der Waals surface area contributed by atoms with Gasteiger partial charge in [-0.05, 0) is 65.4 Å². The maximum atomic E-state index is 10.3. The zero-order valence-electron chi connectivity index (χ0n) is 26.5. The molecule has 2 N–H and O–H groups in total. The van der Waals surface area contributed by atoms with Crippen LogP contribution in [0, 0.1) is 11.3 Å². The lowest BCUT2D eigenvalue weighted by Crippen LogP contribution is -2.37. The fraction of sp³-hybridized carbons (Fsp3) is 0.324. The molecule has 0 saturated heterocycles. The number of allylic oxidation sites excluding steroid dienone is 1. The van der Waals surface area contributed by atoms with Crippen LogP contribution in [0.1, 0.15) is 49.3 Å². The minimum Gasteiger partial charge on any atom is -0.493 e. The molecule has 8 heteroatoms. The smallest absolute Gasteiger partial charge is 0.205 e. The first-order valence-electron chi connectivity index (χ1n) is 15.4. The van der Waals surface area contributed by atoms with Crippen LogP contribution in [0.3, 0.4) is 0 Å². The zero-order chi connectivity index (χ0) is 31.8. The van der Waals surface area contributed by atoms with Gasteiger partial charge in [0.1, 0.15) is 17.4 Å². The van der Waals surface area contributed by atoms with Gasteiger partial charge in [-0.15, -0.1) is 0 Å². The van der Waals surface area contributed by atoms with Crippen LogP contribution in [-0.4, -0.2) is 45.4 Å². The molecular formula is C37H41N3O5. The highest BCUT2D eigenvalue weighted by molar-refractivity contribution is 5.65. The van der Waals surface area contributed by atoms with Crippen LogP contribution in [0.15, 0.2) is 95.1 Å². The Bertz CT molecular complexity index is 1640. The van der Waals surface area contributed by atoms with E-state index in [9.17, 15) is 5.26 Å². The SMILES string of the molecule is CCCOc1ccc(/C=C2\CN(Cc3ccccc3)CC3=C2OC(N)=C(C#N)C3c2ccc(OCCC)c(OC)c2)cc1OC. The summed E-state index contributed by atoms with van der Waals surface area (Å²) in [5.74, 6) is 3.01. The van der Waals surface area contributed by atoms with E-state index >= 15 is 0 Å². The number of nitrogens with two attached hydrogens (primary N) is 1. The van der Waals surface area contributed by atoms with Crippen molar-refractivity contribution in [2.45, 2.75) is 39.2 Å². The molecule has 234 valence electrons. The molecule has 0 fully saturated rings. The van der Waals surface area contributed by atoms with Crippen LogP contribution in [0.4, 0.5) is 0 Å². The Morgan fingerprint density at radius 3 is 2.20 bits per heavy atom. The molecular weight excluding hydrogens is 566 g/mol. The van der Waals surface area contributed by atoms with Crippen LogP contribution < -0.4 is 24.7 Å². The second-order valence-electron chi connectivity index (χ2n) is 11.1. The molecule has 2 heterocycles. The molecule has 0 amide bonds. The average Bonchev–Trinajstić information content (AvgIpc) is 3.06. The Hall–Kier alpha value is -4.87. The van der Waals surface area contributed by atoms with Crippen molar-refractivity contribution in [3.63, 3.8) is 0 Å². The van der Waals surface area contributed by atoms with E-state index in [4.69, 9.17) is 29.4 Å². The topological polar surface area (TPSA) is 99.2 Å². The number of ether oxygens (including phenoxy) is 5. The lowest BCUT2D eigenvalue weighted by Gasteiger charge is -2.38. The largest absolute Gasteiger partial charge is 0.493 e. The molecule has 8 nitrogen and oxygen atoms in total. The van der Waals surface area contributed by atoms with Crippen LogP contribution in [0.2, 0.25) is 0 Å². The Balaban J connectivity index is 1.61. The zero-order valence-corrected chi connectivity index (χ0v) is 26.5. The lowest BCUT2D eigenvalue weighted by molar-refractivity contribution is 0.230. The lowest BCUT2D eigenvalue weighted by atomic mass is 9.80. The summed E-state index contributed by atoms with van der Waals surface area (Å²) in [6.45, 7) is 7.26. The summed E-state index contributed by atoms with van der Waals surface area (Å²) < 4.78 is 29.5. The molecule has 5 rings (SSSR count). The van der Waals surface area contributed by atoms with E-state index in [-0.39, 0.29) is 5.88 Å². The number of nitriles is 1. The number of rotatable bonds is 12. The summed E-state index contributed by atoms with van der Waals surface area (Å²) in [6, 6.07) is 24.5. The molecule has 2 aliphatic heterocycles. The number of nitrogens with zero attached hydrogens (tertiary/aromatic N) is 2. The Kier molecular flexibility index (Phi) is 10.3. The Morgan fingerprint density at radius 1 is 0.889 bits per heavy atom. The minimum absolute atomic E-state index is 0.106. The first-order chi connectivity index (χ1) is 22.0. The molecule has 45 heavy (non-hydrogen) atoms. The van der Waals surface area contributed by atoms with E-state index in [0.717, 1.165) is 41.7 Å². The van der Waals surface area contributed by atoms with E-state index in [1.165, 1.54) is 5.56 Å². The first kappa shape index (κ1) is 31.6. The van der Waals surface area contributed by atoms with Gasteiger partial charge >= 0.3 is 0 Å². The molecule has 0 aromatic heterocycles. The average molecular weight is 608 g/mol. The summed E-state index contributed by atoms with van der Waals surface area (Å²) in [4.78, 5) is 2.36. The molecule has 0 aliphatic carbocycles. The van der Waals surface area contributed by atoms with Gasteiger partial charge in [0, 0.05) is 25.2 Å². The fourth-order valence-electron chi connectivity index (χ4n) is 5.78. The molecule has 0 spiro atoms. The highest BCUT2D eigenvalue weighted by Crippen LogP contribution is 2.46. The van der Waals surface area contributed by atoms with E-state index < -0.39 is 5.92 Å². The van der Waals surface area contributed by atoms with Gasteiger partial charge in [0.25, 0.3) is 0 Å². The second kappa shape index (κ2) is 14.7. The van der Waals surface area contributed by atoms with Crippen molar-refractivity contribution < 1.29 is 23.7 Å². The molecule has 0 radical (unpaired) electrons. The molecule has 1 atom stereocenters. The summed E-state index contributed by atoms with van der Waals surface area (Å²) >= 11 is 0. The third kappa shape index (κ3) is 7.11. The molecule has 0 saturated carbocycles. The van der Waals surface area contributed by atoms with Crippen molar-refractivity contribution in [1.29, 1.82) is 5.26 Å². The van der Waals surface area contributed by atoms with Gasteiger partial charge in [0.05, 0.1) is 33.4 Å². The highest BCUT2D eigenvalue weighted by Gasteiger charge is 2.38. The van der Waals surface area contributed by atoms with Gasteiger partial charge < -0.3 is 29.4 Å². The number of hydrogen-bond donors (Lipinski definition) is 1. The highest BCUT2D eigenvalue weighted by atomic mass is 16.5. The van der Waals surface area contributed by atoms with Crippen LogP contribution >= 0.6 is 0 Å². The molecule has 2 aliphatic rings. The maximum absolute atomic E-state index is 10.3. The van der Waals surface area contributed by atoms with E-state index in [1.807, 2.05) is 54.6 Å². The van der Waals surface area contributed by atoms with Crippen molar-refractivity contribution in [3.8, 4) is 29.1 Å². The van der Waals surface area contributed by atoms with Gasteiger partial charge in [-0.25, -0.2) is 0 Å². The molecule has 3 aromatic carbocycles. The maximum Gasteiger partial charge on any atom is 0.205 e. The Labute approximate surface area is 265 Å². The van der Waals surface area contributed by atoms with E-state index in [1.54, 1.807) is 14.2 Å². The van der Waals surface area contributed by atoms with Gasteiger partial charge in [0.2, 0.25) is 5.88 Å². The fourth-order valence-corrected chi connectivity index (χ4v) is 5.78. The van der Waals surface area contributed by atoms with Crippen molar-refractivity contribution in [1.82, 2.24) is 4.90 Å². The van der Waals surface area contributed by atoms with E-state index in [0.29, 0.717) is 60.6 Å². The predicted octanol–water partition coefficient (Wildman–Crippen LogP) is 6.94. The van der Waals surface area contributed by atoms with Crippen LogP contribution in [0.25, 0.3) is 6.08 Å². The predicted molar refractivity (Wildman–Crippen MR) is 175 cm³/mol. The second-order valence-corrected chi connectivity index (χ2v) is 11.1. The third-order valence-electron chi connectivity index (χ3n) is 7.83. The van der Waals surface area contributed by atoms with Gasteiger partial charge in [0.15, 0.2) is 23.0 Å². The number of benzene rings is 3. The van der Waals surface area contributed by atoms with E-state index in [2.05, 4.69) is 43.0 Å². The number of methoxy groups -OCH3 is 2. The first-order valence-corrected chi connectivity index (χ1v) is 15.4. The third-order valence-corrected chi connectivity index (χ3v) is 7.83. The summed E-state index contributed by atoms with van der Waals surface area (Å²) in [7, 11) is 3.27. The normalized spacial score (nSPS) is 17.4. The summed E-state index contributed by atoms with van der Waals surface area (Å²) in [6.07, 6.45) is 3.88. The van der Waals surface area contributed by atoms with Crippen molar-refractivity contribution >= 4 is 6.08 Å². The molecule has 3 aromatic rings. The Morgan fingerprint density at radius 2 is 1.56 bits per heavy atom. The van der Waals surface area contributed by atoms with Crippen LogP contribution in [-0.2, 0) is 11.3 Å².